The van der Waals surface area contributed by atoms with Gasteiger partial charge in [-0.15, -0.1) is 35.7 Å². The maximum atomic E-state index is 4.92. The molecule has 1 aliphatic heterocycles. The van der Waals surface area contributed by atoms with Crippen molar-refractivity contribution < 1.29 is 0 Å². The standard InChI is InChI=1S/C22H31N5S.HI/c1-4-23-22(25-15-19-9-8-13-24-21(19)26(2)3)27-14-12-18(16-27)17-28-20-10-6-5-7-11-20;/h5-11,13,18H,4,12,14-17H2,1-3H3,(H,23,25);1H. The van der Waals surface area contributed by atoms with Crippen LogP contribution in [0.2, 0.25) is 0 Å². The van der Waals surface area contributed by atoms with Crippen LogP contribution in [0.25, 0.3) is 0 Å². The lowest BCUT2D eigenvalue weighted by molar-refractivity contribution is 0.474. The van der Waals surface area contributed by atoms with Gasteiger partial charge in [-0.1, -0.05) is 24.3 Å². The minimum Gasteiger partial charge on any atom is -0.362 e. The van der Waals surface area contributed by atoms with E-state index in [1.165, 1.54) is 11.3 Å². The smallest absolute Gasteiger partial charge is 0.194 e. The molecule has 1 fully saturated rings. The van der Waals surface area contributed by atoms with E-state index in [1.807, 2.05) is 43.0 Å². The average molecular weight is 526 g/mol. The van der Waals surface area contributed by atoms with Gasteiger partial charge in [0.25, 0.3) is 0 Å². The molecule has 0 amide bonds. The van der Waals surface area contributed by atoms with Crippen LogP contribution in [0.4, 0.5) is 5.82 Å². The highest BCUT2D eigenvalue weighted by Gasteiger charge is 2.25. The van der Waals surface area contributed by atoms with Crippen LogP contribution in [0.15, 0.2) is 58.5 Å². The molecule has 1 aliphatic rings. The number of rotatable bonds is 7. The molecule has 0 saturated carbocycles. The summed E-state index contributed by atoms with van der Waals surface area (Å²) in [6, 6.07) is 14.8. The van der Waals surface area contributed by atoms with Crippen molar-refractivity contribution in [2.75, 3.05) is 44.4 Å². The van der Waals surface area contributed by atoms with Crippen LogP contribution < -0.4 is 10.2 Å². The molecule has 29 heavy (non-hydrogen) atoms. The molecule has 5 nitrogen and oxygen atoms in total. The maximum Gasteiger partial charge on any atom is 0.194 e. The highest BCUT2D eigenvalue weighted by atomic mass is 127. The Morgan fingerprint density at radius 1 is 1.24 bits per heavy atom. The second-order valence-electron chi connectivity index (χ2n) is 7.28. The number of hydrogen-bond donors (Lipinski definition) is 1. The van der Waals surface area contributed by atoms with Crippen LogP contribution in [0.1, 0.15) is 18.9 Å². The number of hydrogen-bond acceptors (Lipinski definition) is 4. The van der Waals surface area contributed by atoms with Crippen LogP contribution >= 0.6 is 35.7 Å². The molecular weight excluding hydrogens is 493 g/mol. The van der Waals surface area contributed by atoms with Crippen LogP contribution in [-0.4, -0.2) is 55.3 Å². The lowest BCUT2D eigenvalue weighted by Crippen LogP contribution is -2.40. The Bertz CT molecular complexity index is 769. The molecule has 1 atom stereocenters. The van der Waals surface area contributed by atoms with Gasteiger partial charge in [-0.25, -0.2) is 9.98 Å². The molecule has 2 aromatic rings. The van der Waals surface area contributed by atoms with Crippen molar-refractivity contribution in [3.63, 3.8) is 0 Å². The molecule has 7 heteroatoms. The Balaban J connectivity index is 0.00000300. The normalized spacial score (nSPS) is 16.4. The predicted molar refractivity (Wildman–Crippen MR) is 136 cm³/mol. The van der Waals surface area contributed by atoms with Gasteiger partial charge in [0.1, 0.15) is 5.82 Å². The first kappa shape index (κ1) is 23.8. The van der Waals surface area contributed by atoms with Gasteiger partial charge in [-0.2, -0.15) is 0 Å². The van der Waals surface area contributed by atoms with Crippen LogP contribution in [0.3, 0.4) is 0 Å². The predicted octanol–water partition coefficient (Wildman–Crippen LogP) is 4.35. The minimum atomic E-state index is 0. The Kier molecular flexibility index (Phi) is 10.1. The summed E-state index contributed by atoms with van der Waals surface area (Å²) in [5.41, 5.74) is 1.15. The maximum absolute atomic E-state index is 4.92. The molecule has 2 heterocycles. The van der Waals surface area contributed by atoms with Gasteiger partial charge >= 0.3 is 0 Å². The van der Waals surface area contributed by atoms with Gasteiger partial charge in [-0.3, -0.25) is 0 Å². The SMILES string of the molecule is CCNC(=NCc1cccnc1N(C)C)N1CCC(CSc2ccccc2)C1.I. The number of benzene rings is 1. The number of thioether (sulfide) groups is 1. The van der Waals surface area contributed by atoms with Gasteiger partial charge in [0.2, 0.25) is 0 Å². The summed E-state index contributed by atoms with van der Waals surface area (Å²) in [6.07, 6.45) is 3.06. The van der Waals surface area contributed by atoms with E-state index in [1.54, 1.807) is 0 Å². The van der Waals surface area contributed by atoms with Crippen molar-refractivity contribution in [1.82, 2.24) is 15.2 Å². The summed E-state index contributed by atoms with van der Waals surface area (Å²) >= 11 is 1.96. The van der Waals surface area contributed by atoms with E-state index in [2.05, 4.69) is 58.5 Å². The molecule has 1 N–H and O–H groups in total. The number of anilines is 1. The fourth-order valence-corrected chi connectivity index (χ4v) is 4.48. The Labute approximate surface area is 196 Å². The first-order chi connectivity index (χ1) is 13.7. The fraction of sp³-hybridized carbons (Fsp3) is 0.455. The van der Waals surface area contributed by atoms with E-state index in [9.17, 15) is 0 Å². The van der Waals surface area contributed by atoms with Crippen LogP contribution in [-0.2, 0) is 6.54 Å². The van der Waals surface area contributed by atoms with Crippen molar-refractivity contribution in [2.24, 2.45) is 10.9 Å². The van der Waals surface area contributed by atoms with Crippen molar-refractivity contribution in [1.29, 1.82) is 0 Å². The molecular formula is C22H32IN5S. The summed E-state index contributed by atoms with van der Waals surface area (Å²) in [5.74, 6) is 3.86. The molecule has 1 saturated heterocycles. The number of halogens is 1. The van der Waals surface area contributed by atoms with Crippen molar-refractivity contribution >= 4 is 47.5 Å². The van der Waals surface area contributed by atoms with E-state index in [0.29, 0.717) is 12.5 Å². The molecule has 158 valence electrons. The lowest BCUT2D eigenvalue weighted by atomic mass is 10.2. The molecule has 0 aliphatic carbocycles. The highest BCUT2D eigenvalue weighted by Crippen LogP contribution is 2.26. The third kappa shape index (κ3) is 7.06. The largest absolute Gasteiger partial charge is 0.362 e. The zero-order chi connectivity index (χ0) is 19.8. The van der Waals surface area contributed by atoms with Crippen molar-refractivity contribution in [2.45, 2.75) is 24.8 Å². The zero-order valence-corrected chi connectivity index (χ0v) is 20.7. The number of aliphatic imine (C=N–C) groups is 1. The van der Waals surface area contributed by atoms with Crippen LogP contribution in [0.5, 0.6) is 0 Å². The first-order valence-electron chi connectivity index (χ1n) is 9.99. The molecule has 0 spiro atoms. The highest BCUT2D eigenvalue weighted by molar-refractivity contribution is 14.0. The van der Waals surface area contributed by atoms with Crippen LogP contribution in [0, 0.1) is 5.92 Å². The van der Waals surface area contributed by atoms with Gasteiger partial charge in [0.15, 0.2) is 5.96 Å². The quantitative estimate of drug-likeness (QED) is 0.252. The first-order valence-corrected chi connectivity index (χ1v) is 11.0. The molecule has 1 aromatic heterocycles. The van der Waals surface area contributed by atoms with Gasteiger partial charge < -0.3 is 15.1 Å². The van der Waals surface area contributed by atoms with E-state index >= 15 is 0 Å². The number of aromatic nitrogens is 1. The third-order valence-corrected chi connectivity index (χ3v) is 6.08. The number of pyridine rings is 1. The molecule has 3 rings (SSSR count). The summed E-state index contributed by atoms with van der Waals surface area (Å²) < 4.78 is 0. The molecule has 0 bridgehead atoms. The molecule has 1 aromatic carbocycles. The van der Waals surface area contributed by atoms with Gasteiger partial charge in [0, 0.05) is 56.1 Å². The van der Waals surface area contributed by atoms with E-state index < -0.39 is 0 Å². The second kappa shape index (κ2) is 12.3. The monoisotopic (exact) mass is 525 g/mol. The second-order valence-corrected chi connectivity index (χ2v) is 8.37. The average Bonchev–Trinajstić information content (AvgIpc) is 3.19. The third-order valence-electron chi connectivity index (χ3n) is 4.84. The Morgan fingerprint density at radius 3 is 2.76 bits per heavy atom. The fourth-order valence-electron chi connectivity index (χ4n) is 3.43. The summed E-state index contributed by atoms with van der Waals surface area (Å²) in [4.78, 5) is 15.2. The lowest BCUT2D eigenvalue weighted by Gasteiger charge is -2.22. The van der Waals surface area contributed by atoms with E-state index in [-0.39, 0.29) is 24.0 Å². The Hall–Kier alpha value is -1.48. The number of nitrogens with one attached hydrogen (secondary N) is 1. The number of guanidine groups is 1. The molecule has 1 unspecified atom stereocenters. The summed E-state index contributed by atoms with van der Waals surface area (Å²) in [7, 11) is 4.05. The number of nitrogens with zero attached hydrogens (tertiary/aromatic N) is 4. The molecule has 0 radical (unpaired) electrons. The van der Waals surface area contributed by atoms with Gasteiger partial charge in [0.05, 0.1) is 6.54 Å². The van der Waals surface area contributed by atoms with Gasteiger partial charge in [-0.05, 0) is 37.5 Å². The summed E-state index contributed by atoms with van der Waals surface area (Å²) in [6.45, 7) is 5.79. The summed E-state index contributed by atoms with van der Waals surface area (Å²) in [5, 5.41) is 3.47. The zero-order valence-electron chi connectivity index (χ0n) is 17.5. The number of likely N-dealkylation sites (tertiary alicyclic amines) is 1. The Morgan fingerprint density at radius 2 is 2.03 bits per heavy atom. The topological polar surface area (TPSA) is 43.8 Å². The minimum absolute atomic E-state index is 0. The van der Waals surface area contributed by atoms with E-state index in [0.717, 1.165) is 42.7 Å². The van der Waals surface area contributed by atoms with E-state index in [4.69, 9.17) is 4.99 Å². The van der Waals surface area contributed by atoms with Crippen molar-refractivity contribution in [3.8, 4) is 0 Å². The van der Waals surface area contributed by atoms with Crippen molar-refractivity contribution in [3.05, 3.63) is 54.2 Å².